The Bertz CT molecular complexity index is 1370. The van der Waals surface area contributed by atoms with E-state index in [0.29, 0.717) is 44.9 Å². The zero-order valence-electron chi connectivity index (χ0n) is 31.3. The fraction of sp³-hybridized carbons (Fsp3) is 0.500. The molecule has 0 aromatic heterocycles. The van der Waals surface area contributed by atoms with E-state index >= 15 is 0 Å². The monoisotopic (exact) mass is 772 g/mol. The Labute approximate surface area is 338 Å². The second-order valence-corrected chi connectivity index (χ2v) is 12.1. The molecular formula is C36H50ClN4NaO11. The van der Waals surface area contributed by atoms with Crippen LogP contribution in [0.3, 0.4) is 0 Å². The van der Waals surface area contributed by atoms with E-state index in [9.17, 15) is 14.4 Å². The number of ether oxygens (including phenoxy) is 3. The summed E-state index contributed by atoms with van der Waals surface area (Å²) in [6.07, 6.45) is 1.39. The predicted molar refractivity (Wildman–Crippen MR) is 192 cm³/mol. The summed E-state index contributed by atoms with van der Waals surface area (Å²) in [5.41, 5.74) is 2.90. The molecule has 2 N–H and O–H groups in total. The van der Waals surface area contributed by atoms with Crippen LogP contribution in [0.5, 0.6) is 0 Å². The average molecular weight is 773 g/mol. The molecule has 1 aliphatic heterocycles. The minimum absolute atomic E-state index is 0. The van der Waals surface area contributed by atoms with Crippen molar-refractivity contribution in [2.75, 3.05) is 25.6 Å². The molecule has 0 unspecified atom stereocenters. The second-order valence-electron chi connectivity index (χ2n) is 11.9. The van der Waals surface area contributed by atoms with Crippen LogP contribution < -0.4 is 45.4 Å². The van der Waals surface area contributed by atoms with Gasteiger partial charge in [0.05, 0.1) is 30.5 Å². The van der Waals surface area contributed by atoms with E-state index in [0.717, 1.165) is 23.3 Å². The van der Waals surface area contributed by atoms with Gasteiger partial charge in [0, 0.05) is 6.54 Å². The fourth-order valence-electron chi connectivity index (χ4n) is 4.20. The van der Waals surface area contributed by atoms with Crippen molar-refractivity contribution in [1.82, 2.24) is 10.6 Å². The van der Waals surface area contributed by atoms with Crippen LogP contribution in [0.4, 0.5) is 4.79 Å². The van der Waals surface area contributed by atoms with E-state index in [4.69, 9.17) is 45.5 Å². The third kappa shape index (κ3) is 24.3. The van der Waals surface area contributed by atoms with Crippen molar-refractivity contribution in [2.45, 2.75) is 91.2 Å². The standard InChI is InChI=1S/C20H29ClN2O5.C15H20N2O3.CH2O3.Na/c1-5-26-18(24)17(22-19(25)28-20(2,3)4)12-11-16(13-21)23-27-14-15-9-7-6-8-10-15;1-2-19-15(18)14-9-8-13(10-16-14)17-20-11-12-6-4-3-5-7-12;2-1-4-3;/h6-10,17H,5,11-14H2,1-4H3,(H,22,25);3-7,14,16H,2,8-11H2,1H3;1,3H;/q;;;+1/p-1/b23-16-;17-13+;;/t17-;14-;;/m11../s1. The van der Waals surface area contributed by atoms with Crippen LogP contribution in [-0.2, 0) is 56.4 Å². The smallest absolute Gasteiger partial charge is 0.662 e. The number of oxime groups is 2. The Kier molecular flexibility index (Phi) is 27.6. The maximum atomic E-state index is 12.1. The largest absolute Gasteiger partial charge is 1.00 e. The summed E-state index contributed by atoms with van der Waals surface area (Å²) in [6.45, 7) is 10.5. The van der Waals surface area contributed by atoms with Crippen molar-refractivity contribution in [2.24, 2.45) is 10.3 Å². The molecular weight excluding hydrogens is 723 g/mol. The number of alkyl halides is 1. The summed E-state index contributed by atoms with van der Waals surface area (Å²) < 4.78 is 15.2. The zero-order chi connectivity index (χ0) is 38.6. The number of carbonyl (C=O) groups is 4. The van der Waals surface area contributed by atoms with Crippen molar-refractivity contribution < 1.29 is 82.8 Å². The first-order valence-corrected chi connectivity index (χ1v) is 17.3. The van der Waals surface area contributed by atoms with Gasteiger partial charge in [-0.25, -0.2) is 9.59 Å². The molecule has 1 saturated heterocycles. The number of esters is 2. The molecule has 0 bridgehead atoms. The zero-order valence-corrected chi connectivity index (χ0v) is 34.1. The summed E-state index contributed by atoms with van der Waals surface area (Å²) in [5.74, 6) is -0.569. The predicted octanol–water partition coefficient (Wildman–Crippen LogP) is 1.35. The van der Waals surface area contributed by atoms with Gasteiger partial charge in [0.2, 0.25) is 0 Å². The number of alkyl carbamates (subject to hydrolysis) is 1. The first kappa shape index (κ1) is 49.3. The molecule has 3 rings (SSSR count). The molecule has 53 heavy (non-hydrogen) atoms. The third-order valence-corrected chi connectivity index (χ3v) is 6.87. The van der Waals surface area contributed by atoms with Crippen molar-refractivity contribution in [3.8, 4) is 0 Å². The van der Waals surface area contributed by atoms with E-state index in [2.05, 4.69) is 25.8 Å². The molecule has 288 valence electrons. The molecule has 1 fully saturated rings. The van der Waals surface area contributed by atoms with Gasteiger partial charge in [-0.05, 0) is 71.4 Å². The van der Waals surface area contributed by atoms with E-state index < -0.39 is 23.7 Å². The summed E-state index contributed by atoms with van der Waals surface area (Å²) in [6, 6.07) is 18.4. The molecule has 15 nitrogen and oxygen atoms in total. The SMILES string of the molecule is CCOC(=O)[C@@H](CC/C(CCl)=N/OCc1ccccc1)NC(=O)OC(C)(C)C.CCOC(=O)[C@H]1CC/C(=N\OCc2ccccc2)CN1.O=CO[O-].[Na+]. The molecule has 0 radical (unpaired) electrons. The number of rotatable bonds is 16. The van der Waals surface area contributed by atoms with Crippen LogP contribution in [0, 0.1) is 0 Å². The number of carbonyl (C=O) groups excluding carboxylic acids is 4. The van der Waals surface area contributed by atoms with Gasteiger partial charge in [-0.2, -0.15) is 0 Å². The number of nitrogens with zero attached hydrogens (tertiary/aromatic N) is 2. The maximum absolute atomic E-state index is 12.1. The quantitative estimate of drug-likeness (QED) is 0.0364. The first-order valence-electron chi connectivity index (χ1n) is 16.7. The molecule has 0 spiro atoms. The van der Waals surface area contributed by atoms with Crippen LogP contribution in [0.15, 0.2) is 71.0 Å². The number of piperidine rings is 1. The van der Waals surface area contributed by atoms with E-state index in [-0.39, 0.29) is 66.9 Å². The third-order valence-electron chi connectivity index (χ3n) is 6.56. The number of hydrogen-bond acceptors (Lipinski definition) is 14. The van der Waals surface area contributed by atoms with Gasteiger partial charge >= 0.3 is 47.6 Å². The first-order chi connectivity index (χ1) is 25.0. The van der Waals surface area contributed by atoms with Gasteiger partial charge in [0.25, 0.3) is 6.47 Å². The minimum atomic E-state index is -0.864. The van der Waals surface area contributed by atoms with Crippen LogP contribution >= 0.6 is 11.6 Å². The van der Waals surface area contributed by atoms with Gasteiger partial charge in [-0.15, -0.1) is 11.6 Å². The molecule has 2 atom stereocenters. The molecule has 2 aromatic carbocycles. The van der Waals surface area contributed by atoms with Gasteiger partial charge in [0.15, 0.2) is 0 Å². The molecule has 1 heterocycles. The maximum Gasteiger partial charge on any atom is 1.00 e. The Morgan fingerprint density at radius 3 is 2.02 bits per heavy atom. The van der Waals surface area contributed by atoms with E-state index in [1.807, 2.05) is 67.6 Å². The number of benzene rings is 2. The summed E-state index contributed by atoms with van der Waals surface area (Å²) in [7, 11) is 0. The van der Waals surface area contributed by atoms with Crippen molar-refractivity contribution in [3.63, 3.8) is 0 Å². The topological polar surface area (TPSA) is 196 Å². The van der Waals surface area contributed by atoms with Crippen LogP contribution in [-0.4, -0.2) is 79.3 Å². The minimum Gasteiger partial charge on any atom is -0.662 e. The van der Waals surface area contributed by atoms with Crippen molar-refractivity contribution >= 4 is 47.5 Å². The summed E-state index contributed by atoms with van der Waals surface area (Å²) >= 11 is 5.93. The normalized spacial score (nSPS) is 15.0. The van der Waals surface area contributed by atoms with Crippen LogP contribution in [0.25, 0.3) is 0 Å². The van der Waals surface area contributed by atoms with E-state index in [1.165, 1.54) is 0 Å². The van der Waals surface area contributed by atoms with Gasteiger partial charge in [0.1, 0.15) is 30.9 Å². The Morgan fingerprint density at radius 2 is 1.55 bits per heavy atom. The Balaban J connectivity index is 0.000000945. The molecule has 2 aromatic rings. The molecule has 0 aliphatic carbocycles. The number of amides is 1. The van der Waals surface area contributed by atoms with Gasteiger partial charge < -0.3 is 39.3 Å². The van der Waals surface area contributed by atoms with E-state index in [1.54, 1.807) is 27.7 Å². The average Bonchev–Trinajstić information content (AvgIpc) is 3.13. The van der Waals surface area contributed by atoms with Crippen LogP contribution in [0.2, 0.25) is 0 Å². The molecule has 1 aliphatic rings. The van der Waals surface area contributed by atoms with Crippen LogP contribution in [0.1, 0.15) is 71.4 Å². The molecule has 17 heteroatoms. The Morgan fingerprint density at radius 1 is 0.981 bits per heavy atom. The summed E-state index contributed by atoms with van der Waals surface area (Å²) in [4.78, 5) is 57.6. The number of halogens is 1. The van der Waals surface area contributed by atoms with Crippen molar-refractivity contribution in [1.29, 1.82) is 0 Å². The second kappa shape index (κ2) is 29.7. The number of nitrogens with one attached hydrogen (secondary N) is 2. The Hall–Kier alpha value is -3.73. The summed E-state index contributed by atoms with van der Waals surface area (Å²) in [5, 5.41) is 22.3. The molecule has 0 saturated carbocycles. The number of hydrogen-bond donors (Lipinski definition) is 2. The van der Waals surface area contributed by atoms with Gasteiger partial charge in [-0.1, -0.05) is 71.0 Å². The molecule has 1 amide bonds. The van der Waals surface area contributed by atoms with Gasteiger partial charge in [-0.3, -0.25) is 14.9 Å². The fourth-order valence-corrected chi connectivity index (χ4v) is 4.38. The van der Waals surface area contributed by atoms with Crippen molar-refractivity contribution in [3.05, 3.63) is 71.8 Å².